The molecule has 1 atom stereocenters. The van der Waals surface area contributed by atoms with Crippen LogP contribution in [0, 0.1) is 16.7 Å². The molecular weight excluding hydrogens is 230 g/mol. The lowest BCUT2D eigenvalue weighted by atomic mass is 9.56. The molecule has 0 saturated carbocycles. The van der Waals surface area contributed by atoms with E-state index in [1.54, 1.807) is 0 Å². The van der Waals surface area contributed by atoms with Crippen LogP contribution in [0.3, 0.4) is 0 Å². The molecule has 0 N–H and O–H groups in total. The zero-order chi connectivity index (χ0) is 13.4. The first-order chi connectivity index (χ1) is 8.44. The SMILES string of the molecule is COC(=O)C(C)(C)C1(C2CCCN(C)C2)COC1. The van der Waals surface area contributed by atoms with Gasteiger partial charge in [-0.2, -0.15) is 0 Å². The number of likely N-dealkylation sites (tertiary alicyclic amines) is 1. The number of rotatable bonds is 3. The summed E-state index contributed by atoms with van der Waals surface area (Å²) in [6.45, 7) is 7.61. The number of piperidine rings is 1. The molecule has 0 aromatic rings. The van der Waals surface area contributed by atoms with Gasteiger partial charge in [0.1, 0.15) is 0 Å². The van der Waals surface area contributed by atoms with Crippen molar-refractivity contribution in [3.05, 3.63) is 0 Å². The lowest BCUT2D eigenvalue weighted by Gasteiger charge is -2.56. The normalized spacial score (nSPS) is 28.6. The van der Waals surface area contributed by atoms with E-state index in [1.807, 2.05) is 13.8 Å². The van der Waals surface area contributed by atoms with E-state index in [9.17, 15) is 4.79 Å². The van der Waals surface area contributed by atoms with E-state index >= 15 is 0 Å². The van der Waals surface area contributed by atoms with Gasteiger partial charge in [0.25, 0.3) is 0 Å². The molecule has 2 aliphatic rings. The molecule has 18 heavy (non-hydrogen) atoms. The molecular formula is C14H25NO3. The Kier molecular flexibility index (Phi) is 3.70. The van der Waals surface area contributed by atoms with Crippen molar-refractivity contribution in [2.24, 2.45) is 16.7 Å². The summed E-state index contributed by atoms with van der Waals surface area (Å²) in [5.74, 6) is 0.415. The van der Waals surface area contributed by atoms with Gasteiger partial charge in [0.05, 0.1) is 25.7 Å². The zero-order valence-corrected chi connectivity index (χ0v) is 12.0. The molecule has 0 aliphatic carbocycles. The first kappa shape index (κ1) is 13.8. The summed E-state index contributed by atoms with van der Waals surface area (Å²) in [6, 6.07) is 0. The second kappa shape index (κ2) is 4.82. The molecule has 2 fully saturated rings. The van der Waals surface area contributed by atoms with Crippen LogP contribution in [0.2, 0.25) is 0 Å². The van der Waals surface area contributed by atoms with Crippen LogP contribution >= 0.6 is 0 Å². The van der Waals surface area contributed by atoms with Crippen molar-refractivity contribution in [1.29, 1.82) is 0 Å². The fraction of sp³-hybridized carbons (Fsp3) is 0.929. The van der Waals surface area contributed by atoms with Crippen LogP contribution in [0.25, 0.3) is 0 Å². The molecule has 104 valence electrons. The van der Waals surface area contributed by atoms with E-state index in [0.717, 1.165) is 13.1 Å². The lowest BCUT2D eigenvalue weighted by Crippen LogP contribution is -2.63. The Morgan fingerprint density at radius 1 is 1.44 bits per heavy atom. The zero-order valence-electron chi connectivity index (χ0n) is 12.0. The highest BCUT2D eigenvalue weighted by Gasteiger charge is 2.59. The first-order valence-electron chi connectivity index (χ1n) is 6.79. The molecule has 4 heteroatoms. The predicted octanol–water partition coefficient (Wildman–Crippen LogP) is 1.54. The largest absolute Gasteiger partial charge is 0.469 e. The molecule has 2 aliphatic heterocycles. The van der Waals surface area contributed by atoms with Crippen molar-refractivity contribution in [2.45, 2.75) is 26.7 Å². The summed E-state index contributed by atoms with van der Waals surface area (Å²) >= 11 is 0. The fourth-order valence-corrected chi connectivity index (χ4v) is 3.50. The van der Waals surface area contributed by atoms with Gasteiger partial charge in [0.2, 0.25) is 0 Å². The average Bonchev–Trinajstić information content (AvgIpc) is 2.26. The fourth-order valence-electron chi connectivity index (χ4n) is 3.50. The van der Waals surface area contributed by atoms with Gasteiger partial charge in [0.15, 0.2) is 0 Å². The van der Waals surface area contributed by atoms with E-state index in [0.29, 0.717) is 19.1 Å². The van der Waals surface area contributed by atoms with Gasteiger partial charge >= 0.3 is 5.97 Å². The number of carbonyl (C=O) groups excluding carboxylic acids is 1. The Balaban J connectivity index is 2.22. The third-order valence-corrected chi connectivity index (χ3v) is 5.07. The monoisotopic (exact) mass is 255 g/mol. The molecule has 1 unspecified atom stereocenters. The summed E-state index contributed by atoms with van der Waals surface area (Å²) in [4.78, 5) is 14.5. The molecule has 0 radical (unpaired) electrons. The number of carbonyl (C=O) groups is 1. The third kappa shape index (κ3) is 1.95. The Morgan fingerprint density at radius 3 is 2.56 bits per heavy atom. The average molecular weight is 255 g/mol. The molecule has 2 heterocycles. The van der Waals surface area contributed by atoms with Crippen LogP contribution in [-0.2, 0) is 14.3 Å². The van der Waals surface area contributed by atoms with Crippen LogP contribution in [0.4, 0.5) is 0 Å². The molecule has 2 saturated heterocycles. The number of esters is 1. The highest BCUT2D eigenvalue weighted by atomic mass is 16.5. The minimum Gasteiger partial charge on any atom is -0.469 e. The van der Waals surface area contributed by atoms with E-state index < -0.39 is 5.41 Å². The number of hydrogen-bond acceptors (Lipinski definition) is 4. The maximum atomic E-state index is 12.1. The van der Waals surface area contributed by atoms with Crippen LogP contribution < -0.4 is 0 Å². The van der Waals surface area contributed by atoms with E-state index in [1.165, 1.54) is 20.0 Å². The Morgan fingerprint density at radius 2 is 2.11 bits per heavy atom. The van der Waals surface area contributed by atoms with Crippen molar-refractivity contribution >= 4 is 5.97 Å². The summed E-state index contributed by atoms with van der Waals surface area (Å²) < 4.78 is 10.5. The Bertz CT molecular complexity index is 323. The first-order valence-corrected chi connectivity index (χ1v) is 6.79. The van der Waals surface area contributed by atoms with E-state index in [-0.39, 0.29) is 11.4 Å². The van der Waals surface area contributed by atoms with Crippen LogP contribution in [0.15, 0.2) is 0 Å². The number of ether oxygens (including phenoxy) is 2. The standard InChI is InChI=1S/C14H25NO3/c1-13(2,12(16)17-4)14(9-18-10-14)11-6-5-7-15(3)8-11/h11H,5-10H2,1-4H3. The molecule has 4 nitrogen and oxygen atoms in total. The summed E-state index contributed by atoms with van der Waals surface area (Å²) in [6.07, 6.45) is 2.40. The van der Waals surface area contributed by atoms with Crippen molar-refractivity contribution in [3.8, 4) is 0 Å². The molecule has 0 spiro atoms. The molecule has 0 bridgehead atoms. The van der Waals surface area contributed by atoms with E-state index in [4.69, 9.17) is 9.47 Å². The minimum atomic E-state index is -0.469. The maximum absolute atomic E-state index is 12.1. The van der Waals surface area contributed by atoms with Gasteiger partial charge in [-0.25, -0.2) is 0 Å². The van der Waals surface area contributed by atoms with E-state index in [2.05, 4.69) is 11.9 Å². The van der Waals surface area contributed by atoms with Crippen molar-refractivity contribution in [1.82, 2.24) is 4.90 Å². The van der Waals surface area contributed by atoms with Gasteiger partial charge in [0, 0.05) is 12.0 Å². The van der Waals surface area contributed by atoms with Gasteiger partial charge < -0.3 is 14.4 Å². The van der Waals surface area contributed by atoms with Crippen molar-refractivity contribution in [3.63, 3.8) is 0 Å². The molecule has 0 amide bonds. The van der Waals surface area contributed by atoms with Gasteiger partial charge in [-0.15, -0.1) is 0 Å². The number of nitrogens with zero attached hydrogens (tertiary/aromatic N) is 1. The summed E-state index contributed by atoms with van der Waals surface area (Å²) in [7, 11) is 3.63. The smallest absolute Gasteiger partial charge is 0.311 e. The molecule has 0 aromatic carbocycles. The highest BCUT2D eigenvalue weighted by Crippen LogP contribution is 2.53. The Labute approximate surface area is 110 Å². The van der Waals surface area contributed by atoms with Crippen LogP contribution in [0.5, 0.6) is 0 Å². The quantitative estimate of drug-likeness (QED) is 0.717. The van der Waals surface area contributed by atoms with Crippen LogP contribution in [-0.4, -0.2) is 51.3 Å². The third-order valence-electron chi connectivity index (χ3n) is 5.07. The minimum absolute atomic E-state index is 0.0469. The predicted molar refractivity (Wildman–Crippen MR) is 69.3 cm³/mol. The highest BCUT2D eigenvalue weighted by molar-refractivity contribution is 5.77. The van der Waals surface area contributed by atoms with Crippen LogP contribution in [0.1, 0.15) is 26.7 Å². The number of methoxy groups -OCH3 is 1. The lowest BCUT2D eigenvalue weighted by molar-refractivity contribution is -0.224. The van der Waals surface area contributed by atoms with Gasteiger partial charge in [-0.1, -0.05) is 0 Å². The topological polar surface area (TPSA) is 38.8 Å². The van der Waals surface area contributed by atoms with Crippen molar-refractivity contribution in [2.75, 3.05) is 40.5 Å². The second-order valence-corrected chi connectivity index (χ2v) is 6.37. The Hall–Kier alpha value is -0.610. The van der Waals surface area contributed by atoms with Gasteiger partial charge in [-0.3, -0.25) is 4.79 Å². The second-order valence-electron chi connectivity index (χ2n) is 6.37. The molecule has 2 rings (SSSR count). The van der Waals surface area contributed by atoms with Crippen molar-refractivity contribution < 1.29 is 14.3 Å². The number of hydrogen-bond donors (Lipinski definition) is 0. The maximum Gasteiger partial charge on any atom is 0.311 e. The summed E-state index contributed by atoms with van der Waals surface area (Å²) in [5, 5.41) is 0. The summed E-state index contributed by atoms with van der Waals surface area (Å²) in [5.41, 5.74) is -0.516. The molecule has 0 aromatic heterocycles. The van der Waals surface area contributed by atoms with Gasteiger partial charge in [-0.05, 0) is 46.2 Å².